The number of carbonyl (C=O) groups is 1. The van der Waals surface area contributed by atoms with Gasteiger partial charge in [0.25, 0.3) is 0 Å². The lowest BCUT2D eigenvalue weighted by molar-refractivity contribution is -0.133. The van der Waals surface area contributed by atoms with Gasteiger partial charge in [-0.05, 0) is 43.2 Å². The van der Waals surface area contributed by atoms with Gasteiger partial charge in [0.15, 0.2) is 17.0 Å². The highest BCUT2D eigenvalue weighted by atomic mass is 16.5. The summed E-state index contributed by atoms with van der Waals surface area (Å²) >= 11 is 0. The highest BCUT2D eigenvalue weighted by Crippen LogP contribution is 2.26. The van der Waals surface area contributed by atoms with Crippen molar-refractivity contribution in [1.82, 2.24) is 29.9 Å². The van der Waals surface area contributed by atoms with Crippen molar-refractivity contribution in [3.63, 3.8) is 0 Å². The van der Waals surface area contributed by atoms with Gasteiger partial charge in [0.2, 0.25) is 5.91 Å². The summed E-state index contributed by atoms with van der Waals surface area (Å²) in [6.45, 7) is 7.28. The van der Waals surface area contributed by atoms with E-state index in [1.165, 1.54) is 0 Å². The Labute approximate surface area is 204 Å². The van der Waals surface area contributed by atoms with E-state index in [1.54, 1.807) is 11.0 Å². The Kier molecular flexibility index (Phi) is 6.56. The summed E-state index contributed by atoms with van der Waals surface area (Å²) in [5, 5.41) is 8.74. The largest absolute Gasteiger partial charge is 0.494 e. The molecule has 0 bridgehead atoms. The first kappa shape index (κ1) is 22.8. The summed E-state index contributed by atoms with van der Waals surface area (Å²) in [6, 6.07) is 17.7. The van der Waals surface area contributed by atoms with Crippen LogP contribution < -0.4 is 9.64 Å². The third-order valence-corrected chi connectivity index (χ3v) is 6.41. The van der Waals surface area contributed by atoms with Crippen LogP contribution in [0.25, 0.3) is 16.9 Å². The zero-order valence-corrected chi connectivity index (χ0v) is 20.0. The van der Waals surface area contributed by atoms with Gasteiger partial charge in [-0.3, -0.25) is 4.79 Å². The van der Waals surface area contributed by atoms with Crippen LogP contribution in [0.2, 0.25) is 0 Å². The standard InChI is InChI=1S/C26H29N7O2/c1-3-22(19-8-6-5-7-9-19)26(34)32-16-14-31(15-17-32)24-23-25(28-18-27-24)33(30-29-23)20-10-12-21(13-11-20)35-4-2/h5-13,18,22H,3-4,14-17H2,1-2H3/t22-/m1/s1. The van der Waals surface area contributed by atoms with Gasteiger partial charge in [0.1, 0.15) is 12.1 Å². The Balaban J connectivity index is 1.32. The predicted molar refractivity (Wildman–Crippen MR) is 134 cm³/mol. The molecule has 1 fully saturated rings. The zero-order chi connectivity index (χ0) is 24.2. The van der Waals surface area contributed by atoms with E-state index in [2.05, 4.69) is 32.1 Å². The predicted octanol–water partition coefficient (Wildman–Crippen LogP) is 3.45. The van der Waals surface area contributed by atoms with Gasteiger partial charge in [0.05, 0.1) is 18.2 Å². The van der Waals surface area contributed by atoms with Crippen LogP contribution in [0.3, 0.4) is 0 Å². The Bertz CT molecular complexity index is 1280. The number of hydrogen-bond acceptors (Lipinski definition) is 7. The molecule has 2 aromatic carbocycles. The van der Waals surface area contributed by atoms with Gasteiger partial charge >= 0.3 is 0 Å². The SMILES string of the molecule is CCOc1ccc(-n2nnc3c(N4CCN(C(=O)[C@H](CC)c5ccccc5)CC4)ncnc32)cc1. The smallest absolute Gasteiger partial charge is 0.230 e. The molecule has 35 heavy (non-hydrogen) atoms. The third-order valence-electron chi connectivity index (χ3n) is 6.41. The maximum Gasteiger partial charge on any atom is 0.230 e. The first-order valence-corrected chi connectivity index (χ1v) is 12.1. The second-order valence-corrected chi connectivity index (χ2v) is 8.48. The van der Waals surface area contributed by atoms with Crippen molar-refractivity contribution < 1.29 is 9.53 Å². The number of fused-ring (bicyclic) bond motifs is 1. The Morgan fingerprint density at radius 2 is 1.71 bits per heavy atom. The van der Waals surface area contributed by atoms with Crippen molar-refractivity contribution in [2.45, 2.75) is 26.2 Å². The lowest BCUT2D eigenvalue weighted by Crippen LogP contribution is -2.50. The number of ether oxygens (including phenoxy) is 1. The molecule has 1 amide bonds. The fourth-order valence-corrected chi connectivity index (χ4v) is 4.59. The normalized spacial score (nSPS) is 14.8. The van der Waals surface area contributed by atoms with E-state index in [-0.39, 0.29) is 11.8 Å². The van der Waals surface area contributed by atoms with Crippen LogP contribution in [0.15, 0.2) is 60.9 Å². The Morgan fingerprint density at radius 3 is 2.40 bits per heavy atom. The Hall–Kier alpha value is -4.01. The fraction of sp³-hybridized carbons (Fsp3) is 0.346. The second kappa shape index (κ2) is 10.1. The number of benzene rings is 2. The van der Waals surface area contributed by atoms with Crippen LogP contribution in [-0.4, -0.2) is 68.6 Å². The van der Waals surface area contributed by atoms with Crippen LogP contribution in [-0.2, 0) is 4.79 Å². The van der Waals surface area contributed by atoms with Crippen molar-refractivity contribution in [1.29, 1.82) is 0 Å². The molecular weight excluding hydrogens is 442 g/mol. The van der Waals surface area contributed by atoms with Crippen molar-refractivity contribution in [2.24, 2.45) is 0 Å². The van der Waals surface area contributed by atoms with Gasteiger partial charge in [-0.1, -0.05) is 42.5 Å². The number of nitrogens with zero attached hydrogens (tertiary/aromatic N) is 7. The molecule has 2 aromatic heterocycles. The summed E-state index contributed by atoms with van der Waals surface area (Å²) in [7, 11) is 0. The van der Waals surface area contributed by atoms with Crippen LogP contribution >= 0.6 is 0 Å². The van der Waals surface area contributed by atoms with Gasteiger partial charge in [-0.25, -0.2) is 9.97 Å². The van der Waals surface area contributed by atoms with Gasteiger partial charge in [-0.15, -0.1) is 5.10 Å². The highest BCUT2D eigenvalue weighted by Gasteiger charge is 2.29. The highest BCUT2D eigenvalue weighted by molar-refractivity contribution is 5.85. The van der Waals surface area contributed by atoms with E-state index in [1.807, 2.05) is 66.4 Å². The quantitative estimate of drug-likeness (QED) is 0.408. The summed E-state index contributed by atoms with van der Waals surface area (Å²) < 4.78 is 7.24. The number of aromatic nitrogens is 5. The van der Waals surface area contributed by atoms with E-state index in [0.29, 0.717) is 43.9 Å². The molecule has 1 aliphatic rings. The number of anilines is 1. The molecule has 9 nitrogen and oxygen atoms in total. The number of piperazine rings is 1. The minimum Gasteiger partial charge on any atom is -0.494 e. The molecule has 0 saturated carbocycles. The molecule has 0 radical (unpaired) electrons. The molecule has 5 rings (SSSR count). The average molecular weight is 472 g/mol. The molecule has 1 aliphatic heterocycles. The van der Waals surface area contributed by atoms with E-state index >= 15 is 0 Å². The fourth-order valence-electron chi connectivity index (χ4n) is 4.59. The van der Waals surface area contributed by atoms with Crippen LogP contribution in [0.5, 0.6) is 5.75 Å². The van der Waals surface area contributed by atoms with Crippen molar-refractivity contribution in [3.05, 3.63) is 66.5 Å². The first-order valence-electron chi connectivity index (χ1n) is 12.1. The summed E-state index contributed by atoms with van der Waals surface area (Å²) in [5.74, 6) is 1.63. The first-order chi connectivity index (χ1) is 17.2. The summed E-state index contributed by atoms with van der Waals surface area (Å²) in [4.78, 5) is 26.4. The van der Waals surface area contributed by atoms with Gasteiger partial charge in [-0.2, -0.15) is 4.68 Å². The number of carbonyl (C=O) groups excluding carboxylic acids is 1. The van der Waals surface area contributed by atoms with Gasteiger partial charge < -0.3 is 14.5 Å². The zero-order valence-electron chi connectivity index (χ0n) is 20.0. The average Bonchev–Trinajstić information content (AvgIpc) is 3.35. The molecule has 180 valence electrons. The lowest BCUT2D eigenvalue weighted by Gasteiger charge is -2.37. The van der Waals surface area contributed by atoms with Crippen LogP contribution in [0.4, 0.5) is 5.82 Å². The molecule has 0 N–H and O–H groups in total. The van der Waals surface area contributed by atoms with E-state index in [4.69, 9.17) is 4.74 Å². The van der Waals surface area contributed by atoms with Crippen LogP contribution in [0.1, 0.15) is 31.7 Å². The number of hydrogen-bond donors (Lipinski definition) is 0. The minimum atomic E-state index is -0.109. The monoisotopic (exact) mass is 471 g/mol. The van der Waals surface area contributed by atoms with Gasteiger partial charge in [0, 0.05) is 26.2 Å². The van der Waals surface area contributed by atoms with Crippen LogP contribution in [0, 0.1) is 0 Å². The summed E-state index contributed by atoms with van der Waals surface area (Å²) in [6.07, 6.45) is 2.33. The van der Waals surface area contributed by atoms with E-state index in [9.17, 15) is 4.79 Å². The third kappa shape index (κ3) is 4.53. The maximum absolute atomic E-state index is 13.3. The molecule has 0 spiro atoms. The molecule has 1 atom stereocenters. The summed E-state index contributed by atoms with van der Waals surface area (Å²) in [5.41, 5.74) is 3.22. The van der Waals surface area contributed by atoms with Crippen molar-refractivity contribution in [2.75, 3.05) is 37.7 Å². The van der Waals surface area contributed by atoms with E-state index in [0.717, 1.165) is 29.2 Å². The second-order valence-electron chi connectivity index (χ2n) is 8.48. The van der Waals surface area contributed by atoms with E-state index < -0.39 is 0 Å². The topological polar surface area (TPSA) is 89.3 Å². The van der Waals surface area contributed by atoms with Crippen molar-refractivity contribution >= 4 is 22.9 Å². The van der Waals surface area contributed by atoms with Crippen molar-refractivity contribution in [3.8, 4) is 11.4 Å². The molecule has 1 saturated heterocycles. The number of rotatable bonds is 7. The number of amides is 1. The lowest BCUT2D eigenvalue weighted by atomic mass is 9.95. The minimum absolute atomic E-state index is 0.109. The molecule has 3 heterocycles. The molecular formula is C26H29N7O2. The Morgan fingerprint density at radius 1 is 0.971 bits per heavy atom. The molecule has 0 unspecified atom stereocenters. The maximum atomic E-state index is 13.3. The molecule has 4 aromatic rings. The molecule has 0 aliphatic carbocycles. The molecule has 9 heteroatoms.